The molecule has 9 N–H and O–H groups in total. The molecular formula is C20H27N5O10. The van der Waals surface area contributed by atoms with Gasteiger partial charge in [0.25, 0.3) is 0 Å². The molecule has 4 amide bonds. The molecule has 8 unspecified atom stereocenters. The number of carboxylic acid groups (broad SMARTS) is 1. The molecule has 1 aromatic heterocycles. The summed E-state index contributed by atoms with van der Waals surface area (Å²) in [7, 11) is 0. The van der Waals surface area contributed by atoms with Gasteiger partial charge in [0.1, 0.15) is 30.2 Å². The Labute approximate surface area is 198 Å². The summed E-state index contributed by atoms with van der Waals surface area (Å²) in [6, 6.07) is -1.59. The predicted octanol–water partition coefficient (Wildman–Crippen LogP) is -3.26. The van der Waals surface area contributed by atoms with Crippen LogP contribution in [-0.4, -0.2) is 102 Å². The van der Waals surface area contributed by atoms with Gasteiger partial charge < -0.3 is 41.3 Å². The van der Waals surface area contributed by atoms with Crippen LogP contribution in [0.4, 0.5) is 4.79 Å². The third-order valence-electron chi connectivity index (χ3n) is 6.00. The first kappa shape index (κ1) is 26.2. The first-order chi connectivity index (χ1) is 16.4. The van der Waals surface area contributed by atoms with Crippen LogP contribution in [0.15, 0.2) is 18.3 Å². The highest BCUT2D eigenvalue weighted by Gasteiger charge is 2.52. The average molecular weight is 497 g/mol. The van der Waals surface area contributed by atoms with Crippen molar-refractivity contribution in [3.8, 4) is 5.75 Å². The molecular weight excluding hydrogens is 470 g/mol. The molecule has 0 aliphatic carbocycles. The Hall–Kier alpha value is -3.37. The first-order valence-corrected chi connectivity index (χ1v) is 10.7. The Morgan fingerprint density at radius 3 is 2.54 bits per heavy atom. The normalized spacial score (nSPS) is 28.1. The third kappa shape index (κ3) is 5.49. The number of carbonyl (C=O) groups is 4. The molecule has 0 bridgehead atoms. The monoisotopic (exact) mass is 497 g/mol. The van der Waals surface area contributed by atoms with E-state index in [4.69, 9.17) is 10.5 Å². The maximum absolute atomic E-state index is 12.7. The summed E-state index contributed by atoms with van der Waals surface area (Å²) < 4.78 is 5.46. The van der Waals surface area contributed by atoms with Gasteiger partial charge in [-0.25, -0.2) is 9.59 Å². The number of nitrogens with two attached hydrogens (primary N) is 1. The summed E-state index contributed by atoms with van der Waals surface area (Å²) in [6.07, 6.45) is -7.02. The van der Waals surface area contributed by atoms with Crippen molar-refractivity contribution >= 4 is 23.8 Å². The number of hydrogen-bond acceptors (Lipinski definition) is 11. The zero-order valence-electron chi connectivity index (χ0n) is 18.5. The summed E-state index contributed by atoms with van der Waals surface area (Å²) >= 11 is 0. The van der Waals surface area contributed by atoms with Crippen LogP contribution in [0.3, 0.4) is 0 Å². The molecule has 2 aliphatic heterocycles. The lowest BCUT2D eigenvalue weighted by molar-refractivity contribution is -0.150. The quantitative estimate of drug-likeness (QED) is 0.176. The second-order valence-electron chi connectivity index (χ2n) is 8.36. The number of aliphatic hydroxyl groups excluding tert-OH is 3. The molecule has 8 atom stereocenters. The number of amides is 4. The Bertz CT molecular complexity index is 976. The highest BCUT2D eigenvalue weighted by molar-refractivity contribution is 5.96. The fourth-order valence-corrected chi connectivity index (χ4v) is 3.85. The van der Waals surface area contributed by atoms with Gasteiger partial charge in [-0.05, 0) is 12.1 Å². The number of carbonyl (C=O) groups excluding carboxylic acids is 3. The van der Waals surface area contributed by atoms with Crippen LogP contribution in [0.25, 0.3) is 0 Å². The Morgan fingerprint density at radius 1 is 1.29 bits per heavy atom. The zero-order valence-corrected chi connectivity index (χ0v) is 18.5. The number of carboxylic acids is 1. The fraction of sp³-hybridized carbons (Fsp3) is 0.550. The number of nitrogens with zero attached hydrogens (tertiary/aromatic N) is 2. The van der Waals surface area contributed by atoms with E-state index >= 15 is 0 Å². The Morgan fingerprint density at radius 2 is 1.97 bits per heavy atom. The van der Waals surface area contributed by atoms with E-state index in [1.165, 1.54) is 19.1 Å². The molecule has 0 aromatic carbocycles. The van der Waals surface area contributed by atoms with Crippen LogP contribution >= 0.6 is 0 Å². The molecule has 2 fully saturated rings. The average Bonchev–Trinajstić information content (AvgIpc) is 3.10. The number of aromatic nitrogens is 1. The third-order valence-corrected chi connectivity index (χ3v) is 6.00. The predicted molar refractivity (Wildman–Crippen MR) is 113 cm³/mol. The number of rotatable bonds is 8. The van der Waals surface area contributed by atoms with Gasteiger partial charge in [-0.1, -0.05) is 6.92 Å². The van der Waals surface area contributed by atoms with E-state index in [0.717, 1.165) is 11.1 Å². The van der Waals surface area contributed by atoms with E-state index in [1.807, 2.05) is 5.32 Å². The van der Waals surface area contributed by atoms with Gasteiger partial charge in [0.05, 0.1) is 17.9 Å². The van der Waals surface area contributed by atoms with Crippen LogP contribution in [0, 0.1) is 5.92 Å². The summed E-state index contributed by atoms with van der Waals surface area (Å²) in [4.78, 5) is 52.8. The summed E-state index contributed by atoms with van der Waals surface area (Å²) in [5.41, 5.74) is 6.04. The number of aliphatic hydroxyl groups is 3. The molecule has 2 saturated heterocycles. The fourth-order valence-electron chi connectivity index (χ4n) is 3.85. The molecule has 192 valence electrons. The van der Waals surface area contributed by atoms with Crippen molar-refractivity contribution < 1.29 is 49.4 Å². The van der Waals surface area contributed by atoms with Crippen LogP contribution in [0.5, 0.6) is 5.75 Å². The molecule has 2 aliphatic rings. The van der Waals surface area contributed by atoms with E-state index in [9.17, 15) is 44.7 Å². The van der Waals surface area contributed by atoms with Gasteiger partial charge in [0, 0.05) is 18.9 Å². The molecule has 3 rings (SSSR count). The van der Waals surface area contributed by atoms with Crippen molar-refractivity contribution in [3.63, 3.8) is 0 Å². The summed E-state index contributed by atoms with van der Waals surface area (Å²) in [5.74, 6) is -4.25. The van der Waals surface area contributed by atoms with Crippen molar-refractivity contribution in [1.29, 1.82) is 0 Å². The summed E-state index contributed by atoms with van der Waals surface area (Å²) in [5, 5.41) is 54.4. The highest BCUT2D eigenvalue weighted by atomic mass is 16.6. The number of imide groups is 1. The van der Waals surface area contributed by atoms with Crippen molar-refractivity contribution in [1.82, 2.24) is 20.5 Å². The number of hydrogen-bond donors (Lipinski definition) is 8. The SMILES string of the molecule is CC(C(N)C(=O)NC(C(=O)O)C1OC(N2CCC(=O)NC2=O)C(O)C1O)C(O)c1ccc(O)cn1. The minimum atomic E-state index is -1.88. The zero-order chi connectivity index (χ0) is 26.0. The van der Waals surface area contributed by atoms with E-state index in [1.54, 1.807) is 0 Å². The van der Waals surface area contributed by atoms with Crippen molar-refractivity contribution in [2.75, 3.05) is 6.54 Å². The van der Waals surface area contributed by atoms with Gasteiger partial charge in [-0.15, -0.1) is 0 Å². The largest absolute Gasteiger partial charge is 0.506 e. The van der Waals surface area contributed by atoms with Gasteiger partial charge in [0.2, 0.25) is 11.8 Å². The van der Waals surface area contributed by atoms with Crippen LogP contribution in [0.1, 0.15) is 25.1 Å². The highest BCUT2D eigenvalue weighted by Crippen LogP contribution is 2.28. The molecule has 15 nitrogen and oxygen atoms in total. The smallest absolute Gasteiger partial charge is 0.329 e. The van der Waals surface area contributed by atoms with Crippen LogP contribution in [-0.2, 0) is 19.1 Å². The molecule has 1 aromatic rings. The second kappa shape index (κ2) is 10.5. The number of aromatic hydroxyl groups is 1. The van der Waals surface area contributed by atoms with E-state index in [-0.39, 0.29) is 24.4 Å². The Balaban J connectivity index is 1.70. The molecule has 0 saturated carbocycles. The Kier molecular flexibility index (Phi) is 7.86. The van der Waals surface area contributed by atoms with Gasteiger partial charge in [0.15, 0.2) is 12.3 Å². The minimum Gasteiger partial charge on any atom is -0.506 e. The van der Waals surface area contributed by atoms with Crippen molar-refractivity contribution in [2.24, 2.45) is 11.7 Å². The maximum atomic E-state index is 12.7. The number of pyridine rings is 1. The van der Waals surface area contributed by atoms with Crippen LogP contribution < -0.4 is 16.4 Å². The molecule has 0 spiro atoms. The van der Waals surface area contributed by atoms with Gasteiger partial charge in [-0.2, -0.15) is 0 Å². The number of ether oxygens (including phenoxy) is 1. The molecule has 0 radical (unpaired) electrons. The molecule has 3 heterocycles. The van der Waals surface area contributed by atoms with Gasteiger partial charge >= 0.3 is 12.0 Å². The minimum absolute atomic E-state index is 0.0941. The van der Waals surface area contributed by atoms with Gasteiger partial charge in [-0.3, -0.25) is 24.8 Å². The lowest BCUT2D eigenvalue weighted by Gasteiger charge is -2.33. The van der Waals surface area contributed by atoms with E-state index in [2.05, 4.69) is 10.3 Å². The molecule has 15 heteroatoms. The van der Waals surface area contributed by atoms with E-state index < -0.39 is 72.5 Å². The first-order valence-electron chi connectivity index (χ1n) is 10.7. The number of aliphatic carboxylic acids is 1. The van der Waals surface area contributed by atoms with Crippen molar-refractivity contribution in [2.45, 2.75) is 56.1 Å². The lowest BCUT2D eigenvalue weighted by Crippen LogP contribution is -2.57. The maximum Gasteiger partial charge on any atom is 0.329 e. The lowest BCUT2D eigenvalue weighted by atomic mass is 9.92. The standard InChI is InChI=1S/C20H27N5O10/c1-7(13(28)9-3-2-8(26)6-22-9)11(21)17(31)24-12(19(32)33)16-14(29)15(30)18(35-16)25-5-4-10(27)23-20(25)34/h2-3,6-7,11-16,18,26,28-30H,4-5,21H2,1H3,(H,24,31)(H,32,33)(H,23,27,34). The number of urea groups is 1. The summed E-state index contributed by atoms with van der Waals surface area (Å²) in [6.45, 7) is 1.29. The topological polar surface area (TPSA) is 245 Å². The van der Waals surface area contributed by atoms with Crippen LogP contribution in [0.2, 0.25) is 0 Å². The second-order valence-corrected chi connectivity index (χ2v) is 8.36. The van der Waals surface area contributed by atoms with Crippen molar-refractivity contribution in [3.05, 3.63) is 24.0 Å². The number of nitrogens with one attached hydrogen (secondary N) is 2. The molecule has 35 heavy (non-hydrogen) atoms. The van der Waals surface area contributed by atoms with E-state index in [0.29, 0.717) is 0 Å².